The summed E-state index contributed by atoms with van der Waals surface area (Å²) in [4.78, 5) is 12.1. The lowest BCUT2D eigenvalue weighted by Gasteiger charge is -2.40. The summed E-state index contributed by atoms with van der Waals surface area (Å²) in [5.41, 5.74) is 1.90. The van der Waals surface area contributed by atoms with E-state index in [1.807, 2.05) is 48.5 Å². The van der Waals surface area contributed by atoms with Gasteiger partial charge in [0.1, 0.15) is 18.1 Å². The number of benzene rings is 2. The van der Waals surface area contributed by atoms with Crippen molar-refractivity contribution in [3.63, 3.8) is 0 Å². The van der Waals surface area contributed by atoms with Gasteiger partial charge in [0, 0.05) is 10.2 Å². The summed E-state index contributed by atoms with van der Waals surface area (Å²) in [6.45, 7) is 10.8. The number of methoxy groups -OCH3 is 1. The van der Waals surface area contributed by atoms with E-state index in [9.17, 15) is 4.79 Å². The van der Waals surface area contributed by atoms with Crippen LogP contribution in [0, 0.1) is 0 Å². The molecule has 0 radical (unpaired) electrons. The Hall–Kier alpha value is -1.63. The first kappa shape index (κ1) is 22.7. The molecule has 2 unspecified atom stereocenters. The van der Waals surface area contributed by atoms with E-state index in [0.717, 1.165) is 27.8 Å². The van der Waals surface area contributed by atoms with Crippen LogP contribution in [0.2, 0.25) is 18.1 Å². The van der Waals surface area contributed by atoms with Crippen molar-refractivity contribution in [1.82, 2.24) is 0 Å². The van der Waals surface area contributed by atoms with Crippen molar-refractivity contribution in [2.75, 3.05) is 12.4 Å². The van der Waals surface area contributed by atoms with Crippen LogP contribution in [-0.4, -0.2) is 27.8 Å². The molecule has 152 valence electrons. The van der Waals surface area contributed by atoms with Crippen molar-refractivity contribution in [3.8, 4) is 5.75 Å². The molecule has 0 aliphatic carbocycles. The number of aldehydes is 1. The summed E-state index contributed by atoms with van der Waals surface area (Å²) in [6, 6.07) is 15.4. The van der Waals surface area contributed by atoms with Crippen LogP contribution in [0.3, 0.4) is 0 Å². The molecule has 0 aliphatic rings. The average molecular weight is 464 g/mol. The lowest BCUT2D eigenvalue weighted by molar-refractivity contribution is -0.114. The zero-order valence-corrected chi connectivity index (χ0v) is 20.0. The number of rotatable bonds is 8. The number of halogens is 1. The number of carbonyl (C=O) groups is 1. The molecule has 2 atom stereocenters. The highest BCUT2D eigenvalue weighted by atomic mass is 79.9. The van der Waals surface area contributed by atoms with Crippen molar-refractivity contribution < 1.29 is 14.0 Å². The first-order valence-electron chi connectivity index (χ1n) is 9.36. The highest BCUT2D eigenvalue weighted by molar-refractivity contribution is 9.10. The maximum atomic E-state index is 12.1. The van der Waals surface area contributed by atoms with Gasteiger partial charge in [0.25, 0.3) is 0 Å². The maximum Gasteiger partial charge on any atom is 0.193 e. The summed E-state index contributed by atoms with van der Waals surface area (Å²) < 4.78 is 12.7. The molecule has 28 heavy (non-hydrogen) atoms. The highest BCUT2D eigenvalue weighted by Crippen LogP contribution is 2.39. The lowest BCUT2D eigenvalue weighted by atomic mass is 10.0. The van der Waals surface area contributed by atoms with Crippen LogP contribution in [0.1, 0.15) is 32.4 Å². The van der Waals surface area contributed by atoms with Crippen molar-refractivity contribution in [2.24, 2.45) is 0 Å². The Labute approximate surface area is 177 Å². The number of anilines is 1. The molecular weight excluding hydrogens is 434 g/mol. The third kappa shape index (κ3) is 5.69. The summed E-state index contributed by atoms with van der Waals surface area (Å²) in [7, 11) is -0.487. The molecule has 0 spiro atoms. The zero-order valence-electron chi connectivity index (χ0n) is 17.5. The molecule has 0 bridgehead atoms. The third-order valence-corrected chi connectivity index (χ3v) is 10.3. The normalized spacial score (nSPS) is 14.2. The van der Waals surface area contributed by atoms with E-state index < -0.39 is 14.4 Å². The lowest BCUT2D eigenvalue weighted by Crippen LogP contribution is -2.47. The van der Waals surface area contributed by atoms with Crippen molar-refractivity contribution in [2.45, 2.75) is 51.0 Å². The number of nitrogens with one attached hydrogen (secondary N) is 1. The van der Waals surface area contributed by atoms with Gasteiger partial charge in [-0.15, -0.1) is 0 Å². The summed E-state index contributed by atoms with van der Waals surface area (Å²) >= 11 is 3.48. The van der Waals surface area contributed by atoms with Gasteiger partial charge in [0.05, 0.1) is 13.2 Å². The SMILES string of the molecule is COc1ccc(NC(c2ccc(Br)cc2)C(C=O)O[Si](C)(C)C(C)(C)C)cc1. The van der Waals surface area contributed by atoms with E-state index in [1.54, 1.807) is 7.11 Å². The van der Waals surface area contributed by atoms with Crippen LogP contribution in [0.15, 0.2) is 53.0 Å². The van der Waals surface area contributed by atoms with E-state index in [2.05, 4.69) is 55.1 Å². The zero-order chi connectivity index (χ0) is 20.9. The van der Waals surface area contributed by atoms with Gasteiger partial charge in [0.15, 0.2) is 8.32 Å². The summed E-state index contributed by atoms with van der Waals surface area (Å²) in [6.07, 6.45) is 0.327. The largest absolute Gasteiger partial charge is 0.497 e. The Morgan fingerprint density at radius 3 is 2.07 bits per heavy atom. The number of hydrogen-bond acceptors (Lipinski definition) is 4. The van der Waals surface area contributed by atoms with Crippen LogP contribution in [0.25, 0.3) is 0 Å². The molecular formula is C22H30BrNO3Si. The van der Waals surface area contributed by atoms with Crippen LogP contribution < -0.4 is 10.1 Å². The van der Waals surface area contributed by atoms with Crippen molar-refractivity contribution >= 4 is 36.2 Å². The van der Waals surface area contributed by atoms with Crippen molar-refractivity contribution in [1.29, 1.82) is 0 Å². The minimum absolute atomic E-state index is 0.0125. The Morgan fingerprint density at radius 2 is 1.61 bits per heavy atom. The van der Waals surface area contributed by atoms with Crippen LogP contribution >= 0.6 is 15.9 Å². The molecule has 2 aromatic rings. The monoisotopic (exact) mass is 463 g/mol. The average Bonchev–Trinajstić information content (AvgIpc) is 2.65. The second-order valence-corrected chi connectivity index (χ2v) is 14.1. The molecule has 2 aromatic carbocycles. The highest BCUT2D eigenvalue weighted by Gasteiger charge is 2.41. The molecule has 6 heteroatoms. The molecule has 1 N–H and O–H groups in total. The number of hydrogen-bond donors (Lipinski definition) is 1. The van der Waals surface area contributed by atoms with E-state index in [4.69, 9.17) is 9.16 Å². The summed E-state index contributed by atoms with van der Waals surface area (Å²) in [5, 5.41) is 3.50. The van der Waals surface area contributed by atoms with Gasteiger partial charge < -0.3 is 19.3 Å². The van der Waals surface area contributed by atoms with Gasteiger partial charge in [-0.05, 0) is 60.1 Å². The first-order valence-corrected chi connectivity index (χ1v) is 13.1. The fourth-order valence-corrected chi connectivity index (χ4v) is 4.07. The maximum absolute atomic E-state index is 12.1. The fourth-order valence-electron chi connectivity index (χ4n) is 2.58. The molecule has 4 nitrogen and oxygen atoms in total. The Balaban J connectivity index is 2.37. The van der Waals surface area contributed by atoms with Gasteiger partial charge in [-0.25, -0.2) is 0 Å². The van der Waals surface area contributed by atoms with E-state index in [0.29, 0.717) is 0 Å². The molecule has 0 fully saturated rings. The van der Waals surface area contributed by atoms with E-state index in [1.165, 1.54) is 0 Å². The van der Waals surface area contributed by atoms with Gasteiger partial charge in [-0.2, -0.15) is 0 Å². The topological polar surface area (TPSA) is 47.6 Å². The van der Waals surface area contributed by atoms with E-state index >= 15 is 0 Å². The van der Waals surface area contributed by atoms with Gasteiger partial charge in [-0.1, -0.05) is 48.8 Å². The Morgan fingerprint density at radius 1 is 1.04 bits per heavy atom. The third-order valence-electron chi connectivity index (χ3n) is 5.34. The van der Waals surface area contributed by atoms with E-state index in [-0.39, 0.29) is 11.1 Å². The fraction of sp³-hybridized carbons (Fsp3) is 0.409. The Bertz CT molecular complexity index is 770. The predicted molar refractivity (Wildman–Crippen MR) is 122 cm³/mol. The Kier molecular flexibility index (Phi) is 7.48. The van der Waals surface area contributed by atoms with Crippen LogP contribution in [0.5, 0.6) is 5.75 Å². The molecule has 0 amide bonds. The first-order chi connectivity index (χ1) is 13.1. The second kappa shape index (κ2) is 9.24. The van der Waals surface area contributed by atoms with Gasteiger partial charge >= 0.3 is 0 Å². The van der Waals surface area contributed by atoms with Gasteiger partial charge in [-0.3, -0.25) is 0 Å². The molecule has 0 heterocycles. The minimum Gasteiger partial charge on any atom is -0.497 e. The van der Waals surface area contributed by atoms with Crippen LogP contribution in [-0.2, 0) is 9.22 Å². The molecule has 2 rings (SSSR count). The second-order valence-electron chi connectivity index (χ2n) is 8.38. The smallest absolute Gasteiger partial charge is 0.193 e. The molecule has 0 saturated carbocycles. The number of ether oxygens (including phenoxy) is 1. The van der Waals surface area contributed by atoms with Gasteiger partial charge in [0.2, 0.25) is 0 Å². The number of carbonyl (C=O) groups excluding carboxylic acids is 1. The molecule has 0 saturated heterocycles. The minimum atomic E-state index is -2.13. The standard InChI is InChI=1S/C22H30BrNO3Si/c1-22(2,3)28(5,6)27-20(15-25)21(16-7-9-17(23)10-8-16)24-18-11-13-19(26-4)14-12-18/h7-15,20-21,24H,1-6H3. The summed E-state index contributed by atoms with van der Waals surface area (Å²) in [5.74, 6) is 0.787. The van der Waals surface area contributed by atoms with Crippen molar-refractivity contribution in [3.05, 3.63) is 58.6 Å². The molecule has 0 aromatic heterocycles. The predicted octanol–water partition coefficient (Wildman–Crippen LogP) is 6.20. The van der Waals surface area contributed by atoms with Crippen LogP contribution in [0.4, 0.5) is 5.69 Å². The molecule has 0 aliphatic heterocycles. The quantitative estimate of drug-likeness (QED) is 0.373.